The molecule has 0 saturated carbocycles. The number of nitrogens with zero attached hydrogens (tertiary/aromatic N) is 2. The van der Waals surface area contributed by atoms with E-state index >= 15 is 0 Å². The van der Waals surface area contributed by atoms with E-state index in [1.807, 2.05) is 74.5 Å². The Morgan fingerprint density at radius 2 is 1.36 bits per heavy atom. The number of rotatable bonds is 13. The molecular weight excluding hydrogens is 617 g/mol. The monoisotopic (exact) mass is 651 g/mol. The van der Waals surface area contributed by atoms with E-state index in [9.17, 15) is 18.0 Å². The maximum atomic E-state index is 14.5. The molecule has 0 unspecified atom stereocenters. The number of hydrogen-bond acceptors (Lipinski definition) is 4. The molecule has 0 aliphatic rings. The zero-order chi connectivity index (χ0) is 31.7. The van der Waals surface area contributed by atoms with E-state index in [0.717, 1.165) is 15.4 Å². The van der Waals surface area contributed by atoms with Crippen molar-refractivity contribution < 1.29 is 18.0 Å². The van der Waals surface area contributed by atoms with Gasteiger partial charge in [0.15, 0.2) is 0 Å². The van der Waals surface area contributed by atoms with Crippen LogP contribution in [0.25, 0.3) is 0 Å². The molecule has 10 heteroatoms. The molecule has 0 aromatic heterocycles. The predicted octanol–water partition coefficient (Wildman–Crippen LogP) is 6.74. The molecule has 230 valence electrons. The van der Waals surface area contributed by atoms with Crippen LogP contribution in [-0.4, -0.2) is 43.8 Å². The van der Waals surface area contributed by atoms with Gasteiger partial charge in [-0.05, 0) is 48.7 Å². The van der Waals surface area contributed by atoms with E-state index in [1.165, 1.54) is 23.1 Å². The quantitative estimate of drug-likeness (QED) is 0.173. The second kappa shape index (κ2) is 15.2. The van der Waals surface area contributed by atoms with Gasteiger partial charge >= 0.3 is 0 Å². The fourth-order valence-electron chi connectivity index (χ4n) is 4.69. The molecule has 4 aromatic carbocycles. The molecule has 2 amide bonds. The van der Waals surface area contributed by atoms with Gasteiger partial charge in [-0.2, -0.15) is 0 Å². The Hall–Kier alpha value is -3.85. The van der Waals surface area contributed by atoms with Crippen molar-refractivity contribution in [1.82, 2.24) is 10.2 Å². The lowest BCUT2D eigenvalue weighted by Crippen LogP contribution is -2.54. The minimum Gasteiger partial charge on any atom is -0.352 e. The first-order valence-corrected chi connectivity index (χ1v) is 16.5. The molecule has 0 spiro atoms. The minimum absolute atomic E-state index is 0.00793. The Kier molecular flexibility index (Phi) is 11.4. The Morgan fingerprint density at radius 3 is 1.95 bits per heavy atom. The standard InChI is InChI=1S/C34H35Cl2N3O4S/c1-3-25(2)37-34(41)31(22-26-14-7-4-8-15-26)38(23-27-16-9-5-10-17-27)32(40)24-39(30-21-13-20-29(35)33(30)36)44(42,43)28-18-11-6-12-19-28/h4-21,25,31H,3,22-24H2,1-2H3,(H,37,41)/t25-,31+/m1/s1. The fraction of sp³-hybridized carbons (Fsp3) is 0.235. The fourth-order valence-corrected chi connectivity index (χ4v) is 6.59. The van der Waals surface area contributed by atoms with Crippen LogP contribution in [0, 0.1) is 0 Å². The molecule has 0 heterocycles. The first-order chi connectivity index (χ1) is 21.1. The molecule has 1 N–H and O–H groups in total. The number of nitrogens with one attached hydrogen (secondary N) is 1. The number of halogens is 2. The van der Waals surface area contributed by atoms with Crippen molar-refractivity contribution in [3.05, 3.63) is 130 Å². The van der Waals surface area contributed by atoms with Crippen molar-refractivity contribution in [3.8, 4) is 0 Å². The highest BCUT2D eigenvalue weighted by molar-refractivity contribution is 7.92. The summed E-state index contributed by atoms with van der Waals surface area (Å²) in [7, 11) is -4.28. The summed E-state index contributed by atoms with van der Waals surface area (Å²) < 4.78 is 29.1. The van der Waals surface area contributed by atoms with Gasteiger partial charge in [0.1, 0.15) is 12.6 Å². The van der Waals surface area contributed by atoms with Crippen LogP contribution in [0.15, 0.2) is 114 Å². The molecule has 2 atom stereocenters. The second-order valence-electron chi connectivity index (χ2n) is 10.4. The second-order valence-corrected chi connectivity index (χ2v) is 13.1. The van der Waals surface area contributed by atoms with Gasteiger partial charge in [-0.15, -0.1) is 0 Å². The number of benzene rings is 4. The van der Waals surface area contributed by atoms with Crippen LogP contribution >= 0.6 is 23.2 Å². The molecule has 0 aliphatic heterocycles. The molecule has 0 fully saturated rings. The Labute approximate surface area is 269 Å². The first-order valence-electron chi connectivity index (χ1n) is 14.3. The highest BCUT2D eigenvalue weighted by Crippen LogP contribution is 2.35. The highest BCUT2D eigenvalue weighted by Gasteiger charge is 2.35. The van der Waals surface area contributed by atoms with Crippen LogP contribution in [0.2, 0.25) is 10.0 Å². The van der Waals surface area contributed by atoms with Crippen LogP contribution in [0.4, 0.5) is 5.69 Å². The van der Waals surface area contributed by atoms with E-state index in [1.54, 1.807) is 30.3 Å². The predicted molar refractivity (Wildman–Crippen MR) is 176 cm³/mol. The lowest BCUT2D eigenvalue weighted by molar-refractivity contribution is -0.140. The summed E-state index contributed by atoms with van der Waals surface area (Å²) in [5.74, 6) is -0.907. The number of carbonyl (C=O) groups excluding carboxylic acids is 2. The summed E-state index contributed by atoms with van der Waals surface area (Å²) in [6, 6.07) is 30.0. The van der Waals surface area contributed by atoms with Gasteiger partial charge in [-0.1, -0.05) is 115 Å². The maximum absolute atomic E-state index is 14.5. The molecular formula is C34H35Cl2N3O4S. The number of anilines is 1. The molecule has 0 bridgehead atoms. The molecule has 0 aliphatic carbocycles. The summed E-state index contributed by atoms with van der Waals surface area (Å²) in [4.78, 5) is 29.7. The third-order valence-corrected chi connectivity index (χ3v) is 9.86. The van der Waals surface area contributed by atoms with Gasteiger partial charge in [0, 0.05) is 19.0 Å². The summed E-state index contributed by atoms with van der Waals surface area (Å²) in [5.41, 5.74) is 1.70. The van der Waals surface area contributed by atoms with Gasteiger partial charge in [0.25, 0.3) is 10.0 Å². The Balaban J connectivity index is 1.82. The lowest BCUT2D eigenvalue weighted by atomic mass is 10.0. The maximum Gasteiger partial charge on any atom is 0.264 e. The van der Waals surface area contributed by atoms with Crippen LogP contribution in [0.1, 0.15) is 31.4 Å². The van der Waals surface area contributed by atoms with Gasteiger partial charge in [0.05, 0.1) is 20.6 Å². The third kappa shape index (κ3) is 8.20. The molecule has 0 radical (unpaired) electrons. The minimum atomic E-state index is -4.28. The zero-order valence-electron chi connectivity index (χ0n) is 24.6. The van der Waals surface area contributed by atoms with Crippen molar-refractivity contribution >= 4 is 50.7 Å². The van der Waals surface area contributed by atoms with Crippen molar-refractivity contribution in [2.45, 2.75) is 50.2 Å². The number of amides is 2. The van der Waals surface area contributed by atoms with Crippen LogP contribution in [0.3, 0.4) is 0 Å². The summed E-state index contributed by atoms with van der Waals surface area (Å²) >= 11 is 12.8. The van der Waals surface area contributed by atoms with Gasteiger partial charge in [-0.3, -0.25) is 13.9 Å². The summed E-state index contributed by atoms with van der Waals surface area (Å²) in [6.07, 6.45) is 0.928. The van der Waals surface area contributed by atoms with E-state index < -0.39 is 28.5 Å². The number of sulfonamides is 1. The average molecular weight is 653 g/mol. The topological polar surface area (TPSA) is 86.8 Å². The summed E-state index contributed by atoms with van der Waals surface area (Å²) in [6.45, 7) is 3.32. The van der Waals surface area contributed by atoms with Crippen LogP contribution in [0.5, 0.6) is 0 Å². The normalized spacial score (nSPS) is 12.6. The SMILES string of the molecule is CC[C@@H](C)NC(=O)[C@H](Cc1ccccc1)N(Cc1ccccc1)C(=O)CN(c1cccc(Cl)c1Cl)S(=O)(=O)c1ccccc1. The largest absolute Gasteiger partial charge is 0.352 e. The van der Waals surface area contributed by atoms with E-state index in [2.05, 4.69) is 5.32 Å². The van der Waals surface area contributed by atoms with Gasteiger partial charge in [-0.25, -0.2) is 8.42 Å². The molecule has 44 heavy (non-hydrogen) atoms. The van der Waals surface area contributed by atoms with Crippen molar-refractivity contribution in [2.75, 3.05) is 10.8 Å². The number of carbonyl (C=O) groups is 2. The van der Waals surface area contributed by atoms with Gasteiger partial charge < -0.3 is 10.2 Å². The third-order valence-electron chi connectivity index (χ3n) is 7.28. The lowest BCUT2D eigenvalue weighted by Gasteiger charge is -2.34. The Morgan fingerprint density at radius 1 is 0.795 bits per heavy atom. The van der Waals surface area contributed by atoms with Crippen molar-refractivity contribution in [3.63, 3.8) is 0 Å². The number of hydrogen-bond donors (Lipinski definition) is 1. The van der Waals surface area contributed by atoms with Gasteiger partial charge in [0.2, 0.25) is 11.8 Å². The summed E-state index contributed by atoms with van der Waals surface area (Å²) in [5, 5.41) is 3.16. The van der Waals surface area contributed by atoms with E-state index in [-0.39, 0.29) is 45.5 Å². The smallest absolute Gasteiger partial charge is 0.264 e. The van der Waals surface area contributed by atoms with Crippen molar-refractivity contribution in [2.24, 2.45) is 0 Å². The van der Waals surface area contributed by atoms with Crippen molar-refractivity contribution in [1.29, 1.82) is 0 Å². The highest BCUT2D eigenvalue weighted by atomic mass is 35.5. The molecule has 7 nitrogen and oxygen atoms in total. The Bertz CT molecular complexity index is 1660. The molecule has 4 aromatic rings. The molecule has 4 rings (SSSR count). The van der Waals surface area contributed by atoms with Crippen LogP contribution < -0.4 is 9.62 Å². The first kappa shape index (κ1) is 33.1. The van der Waals surface area contributed by atoms with E-state index in [4.69, 9.17) is 23.2 Å². The average Bonchev–Trinajstić information content (AvgIpc) is 3.04. The van der Waals surface area contributed by atoms with E-state index in [0.29, 0.717) is 6.42 Å². The zero-order valence-corrected chi connectivity index (χ0v) is 26.9. The molecule has 0 saturated heterocycles. The van der Waals surface area contributed by atoms with Crippen LogP contribution in [-0.2, 0) is 32.6 Å².